The Morgan fingerprint density at radius 3 is 3.00 bits per heavy atom. The van der Waals surface area contributed by atoms with Gasteiger partial charge in [-0.3, -0.25) is 9.89 Å². The van der Waals surface area contributed by atoms with Crippen molar-refractivity contribution in [1.29, 1.82) is 0 Å². The van der Waals surface area contributed by atoms with Gasteiger partial charge in [-0.1, -0.05) is 30.3 Å². The molecule has 4 rings (SSSR count). The summed E-state index contributed by atoms with van der Waals surface area (Å²) in [6.07, 6.45) is 2.33. The van der Waals surface area contributed by atoms with Gasteiger partial charge in [-0.05, 0) is 6.07 Å². The van der Waals surface area contributed by atoms with E-state index in [1.54, 1.807) is 17.2 Å². The molecule has 1 atom stereocenters. The summed E-state index contributed by atoms with van der Waals surface area (Å²) in [5.41, 5.74) is 2.23. The van der Waals surface area contributed by atoms with E-state index in [0.717, 1.165) is 29.4 Å². The third-order valence-corrected chi connectivity index (χ3v) is 4.40. The number of benzene rings is 1. The van der Waals surface area contributed by atoms with Gasteiger partial charge >= 0.3 is 0 Å². The van der Waals surface area contributed by atoms with Gasteiger partial charge in [0.1, 0.15) is 18.0 Å². The molecule has 1 saturated heterocycles. The number of carbonyl (C=O) groups is 1. The number of ether oxygens (including phenoxy) is 1. The van der Waals surface area contributed by atoms with Crippen molar-refractivity contribution in [2.24, 2.45) is 0 Å². The minimum absolute atomic E-state index is 0.0469. The van der Waals surface area contributed by atoms with Crippen molar-refractivity contribution < 1.29 is 9.53 Å². The van der Waals surface area contributed by atoms with Crippen LogP contribution in [0.3, 0.4) is 0 Å². The number of aromatic amines is 1. The van der Waals surface area contributed by atoms with Crippen LogP contribution in [0.4, 0.5) is 0 Å². The first-order valence-corrected chi connectivity index (χ1v) is 8.37. The third kappa shape index (κ3) is 3.00. The molecule has 1 unspecified atom stereocenters. The van der Waals surface area contributed by atoms with Crippen LogP contribution in [0.15, 0.2) is 42.6 Å². The first-order chi connectivity index (χ1) is 11.8. The average Bonchev–Trinajstić information content (AvgIpc) is 3.37. The minimum Gasteiger partial charge on any atom is -0.471 e. The monoisotopic (exact) mass is 341 g/mol. The Bertz CT molecular complexity index is 818. The molecule has 1 aliphatic rings. The maximum absolute atomic E-state index is 12.6. The number of carbonyl (C=O) groups excluding carboxylic acids is 1. The van der Waals surface area contributed by atoms with Crippen LogP contribution in [0.2, 0.25) is 0 Å². The van der Waals surface area contributed by atoms with Gasteiger partial charge < -0.3 is 9.64 Å². The standard InChI is InChI=1S/C16H15N5O2S/c22-16(14-8-13(18-19-14)11-4-2-1-3-5-11)21-7-6-12(10-21)23-15-9-17-24-20-15/h1-5,8-9,12H,6-7,10H2,(H,18,19). The Morgan fingerprint density at radius 2 is 2.21 bits per heavy atom. The number of amides is 1. The smallest absolute Gasteiger partial charge is 0.272 e. The van der Waals surface area contributed by atoms with E-state index < -0.39 is 0 Å². The van der Waals surface area contributed by atoms with Crippen LogP contribution in [0.1, 0.15) is 16.9 Å². The zero-order valence-electron chi connectivity index (χ0n) is 12.8. The highest BCUT2D eigenvalue weighted by Crippen LogP contribution is 2.21. The number of nitrogens with zero attached hydrogens (tertiary/aromatic N) is 4. The Labute approximate surface area is 142 Å². The van der Waals surface area contributed by atoms with Crippen LogP contribution in [0.5, 0.6) is 5.88 Å². The highest BCUT2D eigenvalue weighted by molar-refractivity contribution is 6.99. The Hall–Kier alpha value is -2.74. The molecule has 2 aromatic heterocycles. The highest BCUT2D eigenvalue weighted by Gasteiger charge is 2.29. The molecular weight excluding hydrogens is 326 g/mol. The van der Waals surface area contributed by atoms with Gasteiger partial charge in [0.2, 0.25) is 5.88 Å². The van der Waals surface area contributed by atoms with Crippen molar-refractivity contribution in [2.45, 2.75) is 12.5 Å². The first kappa shape index (κ1) is 14.8. The fourth-order valence-corrected chi connectivity index (χ4v) is 3.10. The lowest BCUT2D eigenvalue weighted by Gasteiger charge is -2.15. The van der Waals surface area contributed by atoms with E-state index in [-0.39, 0.29) is 12.0 Å². The molecule has 122 valence electrons. The molecule has 3 heterocycles. The van der Waals surface area contributed by atoms with E-state index in [4.69, 9.17) is 4.74 Å². The number of rotatable bonds is 4. The summed E-state index contributed by atoms with van der Waals surface area (Å²) in [6.45, 7) is 1.19. The molecule has 0 saturated carbocycles. The van der Waals surface area contributed by atoms with Gasteiger partial charge in [0, 0.05) is 18.5 Å². The lowest BCUT2D eigenvalue weighted by molar-refractivity contribution is 0.0765. The minimum atomic E-state index is -0.0628. The van der Waals surface area contributed by atoms with Crippen molar-refractivity contribution in [3.05, 3.63) is 48.3 Å². The van der Waals surface area contributed by atoms with Crippen LogP contribution in [-0.4, -0.2) is 48.9 Å². The summed E-state index contributed by atoms with van der Waals surface area (Å²) in [7, 11) is 0. The van der Waals surface area contributed by atoms with Crippen molar-refractivity contribution >= 4 is 17.6 Å². The second-order valence-corrected chi connectivity index (χ2v) is 6.11. The molecule has 0 radical (unpaired) electrons. The van der Waals surface area contributed by atoms with Gasteiger partial charge in [0.05, 0.1) is 24.0 Å². The number of hydrogen-bond acceptors (Lipinski definition) is 6. The van der Waals surface area contributed by atoms with Crippen LogP contribution >= 0.6 is 11.7 Å². The van der Waals surface area contributed by atoms with E-state index >= 15 is 0 Å². The Morgan fingerprint density at radius 1 is 1.33 bits per heavy atom. The third-order valence-electron chi connectivity index (χ3n) is 3.94. The highest BCUT2D eigenvalue weighted by atomic mass is 32.1. The molecule has 1 aromatic carbocycles. The largest absolute Gasteiger partial charge is 0.471 e. The second-order valence-electron chi connectivity index (χ2n) is 5.56. The van der Waals surface area contributed by atoms with Crippen LogP contribution < -0.4 is 4.74 Å². The summed E-state index contributed by atoms with van der Waals surface area (Å²) < 4.78 is 13.7. The van der Waals surface area contributed by atoms with E-state index in [1.807, 2.05) is 30.3 Å². The molecule has 7 nitrogen and oxygen atoms in total. The van der Waals surface area contributed by atoms with Gasteiger partial charge in [-0.2, -0.15) is 9.47 Å². The number of H-pyrrole nitrogens is 1. The summed E-state index contributed by atoms with van der Waals surface area (Å²) >= 11 is 1.11. The van der Waals surface area contributed by atoms with E-state index in [9.17, 15) is 4.79 Å². The van der Waals surface area contributed by atoms with E-state index in [0.29, 0.717) is 24.7 Å². The number of aromatic nitrogens is 4. The average molecular weight is 341 g/mol. The van der Waals surface area contributed by atoms with E-state index in [1.165, 1.54) is 0 Å². The molecule has 1 fully saturated rings. The SMILES string of the molecule is O=C(c1cc(-c2ccccc2)n[nH]1)N1CCC(Oc2cnsn2)C1. The van der Waals surface area contributed by atoms with E-state index in [2.05, 4.69) is 18.9 Å². The summed E-state index contributed by atoms with van der Waals surface area (Å²) in [6, 6.07) is 11.6. The van der Waals surface area contributed by atoms with Crippen molar-refractivity contribution in [2.75, 3.05) is 13.1 Å². The van der Waals surface area contributed by atoms with Crippen molar-refractivity contribution in [3.63, 3.8) is 0 Å². The zero-order chi connectivity index (χ0) is 16.4. The van der Waals surface area contributed by atoms with Crippen LogP contribution in [0.25, 0.3) is 11.3 Å². The quantitative estimate of drug-likeness (QED) is 0.786. The molecule has 0 bridgehead atoms. The lowest BCUT2D eigenvalue weighted by atomic mass is 10.1. The summed E-state index contributed by atoms with van der Waals surface area (Å²) in [5.74, 6) is 0.458. The predicted molar refractivity (Wildman–Crippen MR) is 88.9 cm³/mol. The maximum atomic E-state index is 12.6. The lowest BCUT2D eigenvalue weighted by Crippen LogP contribution is -2.31. The topological polar surface area (TPSA) is 84.0 Å². The normalized spacial score (nSPS) is 17.2. The first-order valence-electron chi connectivity index (χ1n) is 7.64. The molecule has 1 amide bonds. The summed E-state index contributed by atoms with van der Waals surface area (Å²) in [4.78, 5) is 14.4. The maximum Gasteiger partial charge on any atom is 0.272 e. The number of likely N-dealkylation sites (tertiary alicyclic amines) is 1. The van der Waals surface area contributed by atoms with Crippen molar-refractivity contribution in [3.8, 4) is 17.1 Å². The van der Waals surface area contributed by atoms with Crippen LogP contribution in [-0.2, 0) is 0 Å². The Kier molecular flexibility index (Phi) is 3.96. The number of hydrogen-bond donors (Lipinski definition) is 1. The fourth-order valence-electron chi connectivity index (χ4n) is 2.75. The van der Waals surface area contributed by atoms with Gasteiger partial charge in [-0.15, -0.1) is 4.37 Å². The molecule has 8 heteroatoms. The molecular formula is C16H15N5O2S. The molecule has 1 N–H and O–H groups in total. The van der Waals surface area contributed by atoms with Gasteiger partial charge in [-0.25, -0.2) is 0 Å². The molecule has 0 spiro atoms. The van der Waals surface area contributed by atoms with Crippen molar-refractivity contribution in [1.82, 2.24) is 23.8 Å². The molecule has 24 heavy (non-hydrogen) atoms. The zero-order valence-corrected chi connectivity index (χ0v) is 13.6. The Balaban J connectivity index is 1.42. The van der Waals surface area contributed by atoms with Gasteiger partial charge in [0.25, 0.3) is 5.91 Å². The molecule has 3 aromatic rings. The summed E-state index contributed by atoms with van der Waals surface area (Å²) in [5, 5.41) is 7.08. The second kappa shape index (κ2) is 6.40. The molecule has 0 aliphatic carbocycles. The fraction of sp³-hybridized carbons (Fsp3) is 0.250. The number of nitrogens with one attached hydrogen (secondary N) is 1. The van der Waals surface area contributed by atoms with Crippen LogP contribution in [0, 0.1) is 0 Å². The predicted octanol–water partition coefficient (Wildman–Crippen LogP) is 2.22. The molecule has 1 aliphatic heterocycles. The van der Waals surface area contributed by atoms with Gasteiger partial charge in [0.15, 0.2) is 0 Å².